The molecule has 11 heteroatoms. The maximum absolute atomic E-state index is 12.2. The average Bonchev–Trinajstić information content (AvgIpc) is 3.29. The van der Waals surface area contributed by atoms with Gasteiger partial charge in [-0.05, 0) is 36.8 Å². The zero-order valence-corrected chi connectivity index (χ0v) is 17.6. The predicted molar refractivity (Wildman–Crippen MR) is 116 cm³/mol. The monoisotopic (exact) mass is 461 g/mol. The fourth-order valence-corrected chi connectivity index (χ4v) is 4.83. The maximum atomic E-state index is 12.2. The number of fused-ring (bicyclic) bond motifs is 1. The van der Waals surface area contributed by atoms with E-state index < -0.39 is 47.0 Å². The molecule has 3 aromatic rings. The van der Waals surface area contributed by atoms with E-state index >= 15 is 0 Å². The molecule has 4 rings (SSSR count). The van der Waals surface area contributed by atoms with Gasteiger partial charge < -0.3 is 25.6 Å². The third-order valence-corrected chi connectivity index (χ3v) is 6.61. The smallest absolute Gasteiger partial charge is 0.362 e. The van der Waals surface area contributed by atoms with Gasteiger partial charge in [0.05, 0.1) is 29.8 Å². The van der Waals surface area contributed by atoms with Crippen molar-refractivity contribution in [3.63, 3.8) is 0 Å². The van der Waals surface area contributed by atoms with Crippen LogP contribution in [-0.4, -0.2) is 53.0 Å². The quantitative estimate of drug-likeness (QED) is 0.338. The molecule has 0 unspecified atom stereocenters. The number of aromatic hydroxyl groups is 1. The Morgan fingerprint density at radius 1 is 1.12 bits per heavy atom. The first-order valence-electron chi connectivity index (χ1n) is 9.88. The van der Waals surface area contributed by atoms with Crippen LogP contribution < -0.4 is 10.5 Å². The second-order valence-electron chi connectivity index (χ2n) is 7.73. The summed E-state index contributed by atoms with van der Waals surface area (Å²) in [5, 5.41) is 31.5. The number of hydrogen-bond donors (Lipinski definition) is 5. The summed E-state index contributed by atoms with van der Waals surface area (Å²) < 4.78 is 32.8. The van der Waals surface area contributed by atoms with Crippen molar-refractivity contribution < 1.29 is 32.7 Å². The SMILES string of the molecule is Nc1cccc2c1ccn2[C@@H]1C[C@H](COS(=O)(=O)NC(=O)c2ccccc2O)[C@@H](O)[C@H]1O. The van der Waals surface area contributed by atoms with Gasteiger partial charge in [0.2, 0.25) is 0 Å². The third kappa shape index (κ3) is 4.15. The van der Waals surface area contributed by atoms with E-state index in [9.17, 15) is 28.5 Å². The van der Waals surface area contributed by atoms with Gasteiger partial charge in [0, 0.05) is 23.2 Å². The number of hydrogen-bond acceptors (Lipinski definition) is 8. The minimum absolute atomic E-state index is 0.227. The Morgan fingerprint density at radius 3 is 2.62 bits per heavy atom. The van der Waals surface area contributed by atoms with Crippen LogP contribution in [0.1, 0.15) is 22.8 Å². The first kappa shape index (κ1) is 22.1. The Labute approximate surface area is 184 Å². The lowest BCUT2D eigenvalue weighted by atomic mass is 10.1. The largest absolute Gasteiger partial charge is 0.507 e. The number of nitrogens with zero attached hydrogens (tertiary/aromatic N) is 1. The zero-order chi connectivity index (χ0) is 23.0. The number of amides is 1. The first-order chi connectivity index (χ1) is 15.2. The number of carbonyl (C=O) groups is 1. The van der Waals surface area contributed by atoms with E-state index in [-0.39, 0.29) is 17.7 Å². The molecule has 0 radical (unpaired) electrons. The number of phenolic OH excluding ortho intramolecular Hbond substituents is 1. The highest BCUT2D eigenvalue weighted by Crippen LogP contribution is 2.38. The number of para-hydroxylation sites is 1. The van der Waals surface area contributed by atoms with Crippen LogP contribution in [0.5, 0.6) is 5.75 Å². The standard InChI is InChI=1S/C21H23N3O7S/c22-15-5-3-6-16-13(15)8-9-24(16)17-10-12(19(26)20(17)27)11-31-32(29,30)23-21(28)14-4-1-2-7-18(14)25/h1-9,12,17,19-20,25-27H,10-11,22H2,(H,23,28)/t12-,17-,19-,20+/m1/s1. The molecule has 0 spiro atoms. The van der Waals surface area contributed by atoms with Crippen molar-refractivity contribution in [3.05, 3.63) is 60.3 Å². The number of nitrogens with two attached hydrogens (primary N) is 1. The lowest BCUT2D eigenvalue weighted by Gasteiger charge is -2.19. The summed E-state index contributed by atoms with van der Waals surface area (Å²) >= 11 is 0. The second-order valence-corrected chi connectivity index (χ2v) is 9.08. The van der Waals surface area contributed by atoms with E-state index in [2.05, 4.69) is 0 Å². The molecular formula is C21H23N3O7S. The first-order valence-corrected chi connectivity index (χ1v) is 11.3. The molecule has 1 aliphatic rings. The normalized spacial score (nSPS) is 23.4. The number of carbonyl (C=O) groups excluding carboxylic acids is 1. The zero-order valence-electron chi connectivity index (χ0n) is 16.8. The fourth-order valence-electron chi connectivity index (χ4n) is 4.08. The van der Waals surface area contributed by atoms with E-state index in [0.717, 1.165) is 10.9 Å². The van der Waals surface area contributed by atoms with Gasteiger partial charge in [0.15, 0.2) is 0 Å². The van der Waals surface area contributed by atoms with Gasteiger partial charge in [-0.2, -0.15) is 8.42 Å². The van der Waals surface area contributed by atoms with Gasteiger partial charge in [0.1, 0.15) is 11.9 Å². The van der Waals surface area contributed by atoms with Crippen molar-refractivity contribution in [1.82, 2.24) is 9.29 Å². The Bertz CT molecular complexity index is 1260. The Kier molecular flexibility index (Phi) is 5.82. The molecule has 0 bridgehead atoms. The summed E-state index contributed by atoms with van der Waals surface area (Å²) in [7, 11) is -4.51. The van der Waals surface area contributed by atoms with Crippen LogP contribution in [0.4, 0.5) is 5.69 Å². The number of anilines is 1. The van der Waals surface area contributed by atoms with E-state index in [4.69, 9.17) is 9.92 Å². The van der Waals surface area contributed by atoms with Crippen molar-refractivity contribution in [2.24, 2.45) is 5.92 Å². The molecule has 2 aromatic carbocycles. The molecule has 10 nitrogen and oxygen atoms in total. The van der Waals surface area contributed by atoms with Gasteiger partial charge in [-0.25, -0.2) is 4.72 Å². The lowest BCUT2D eigenvalue weighted by Crippen LogP contribution is -2.35. The van der Waals surface area contributed by atoms with Crippen LogP contribution >= 0.6 is 0 Å². The van der Waals surface area contributed by atoms with Gasteiger partial charge >= 0.3 is 10.3 Å². The van der Waals surface area contributed by atoms with E-state index in [1.807, 2.05) is 12.1 Å². The molecule has 1 fully saturated rings. The number of nitrogens with one attached hydrogen (secondary N) is 1. The highest BCUT2D eigenvalue weighted by Gasteiger charge is 2.43. The van der Waals surface area contributed by atoms with Crippen LogP contribution in [0.15, 0.2) is 54.7 Å². The van der Waals surface area contributed by atoms with E-state index in [0.29, 0.717) is 5.69 Å². The van der Waals surface area contributed by atoms with Crippen molar-refractivity contribution in [2.45, 2.75) is 24.7 Å². The van der Waals surface area contributed by atoms with Crippen LogP contribution in [0.25, 0.3) is 10.9 Å². The highest BCUT2D eigenvalue weighted by molar-refractivity contribution is 7.85. The number of aliphatic hydroxyl groups is 2. The number of aromatic nitrogens is 1. The topological polar surface area (TPSA) is 164 Å². The number of nitrogen functional groups attached to an aromatic ring is 1. The number of aliphatic hydroxyl groups excluding tert-OH is 2. The Hall–Kier alpha value is -3.12. The minimum Gasteiger partial charge on any atom is -0.507 e. The van der Waals surface area contributed by atoms with Gasteiger partial charge in [-0.15, -0.1) is 0 Å². The summed E-state index contributed by atoms with van der Waals surface area (Å²) in [4.78, 5) is 12.1. The molecule has 1 aliphatic carbocycles. The summed E-state index contributed by atoms with van der Waals surface area (Å²) in [5.41, 5.74) is 7.12. The molecule has 0 saturated heterocycles. The molecule has 32 heavy (non-hydrogen) atoms. The third-order valence-electron chi connectivity index (χ3n) is 5.73. The van der Waals surface area contributed by atoms with E-state index in [1.54, 1.807) is 27.6 Å². The van der Waals surface area contributed by atoms with Gasteiger partial charge in [-0.1, -0.05) is 18.2 Å². The number of phenols is 1. The van der Waals surface area contributed by atoms with Crippen LogP contribution in [-0.2, 0) is 14.5 Å². The van der Waals surface area contributed by atoms with E-state index in [1.165, 1.54) is 24.3 Å². The highest BCUT2D eigenvalue weighted by atomic mass is 32.2. The molecule has 1 aromatic heterocycles. The number of benzene rings is 2. The van der Waals surface area contributed by atoms with Crippen molar-refractivity contribution in [1.29, 1.82) is 0 Å². The summed E-state index contributed by atoms with van der Waals surface area (Å²) in [5.74, 6) is -2.13. The summed E-state index contributed by atoms with van der Waals surface area (Å²) in [6.07, 6.45) is -0.389. The fraction of sp³-hybridized carbons (Fsp3) is 0.286. The van der Waals surface area contributed by atoms with Crippen molar-refractivity contribution in [3.8, 4) is 5.75 Å². The molecule has 0 aliphatic heterocycles. The van der Waals surface area contributed by atoms with Gasteiger partial charge in [0.25, 0.3) is 5.91 Å². The molecule has 1 saturated carbocycles. The maximum Gasteiger partial charge on any atom is 0.362 e. The van der Waals surface area contributed by atoms with Crippen molar-refractivity contribution in [2.75, 3.05) is 12.3 Å². The molecular weight excluding hydrogens is 438 g/mol. The minimum atomic E-state index is -4.51. The molecule has 6 N–H and O–H groups in total. The van der Waals surface area contributed by atoms with Crippen molar-refractivity contribution >= 4 is 32.8 Å². The average molecular weight is 461 g/mol. The molecule has 170 valence electrons. The molecule has 1 heterocycles. The summed E-state index contributed by atoms with van der Waals surface area (Å²) in [6, 6.07) is 12.1. The number of rotatable bonds is 6. The lowest BCUT2D eigenvalue weighted by molar-refractivity contribution is -0.000978. The van der Waals surface area contributed by atoms with Crippen LogP contribution in [0, 0.1) is 5.92 Å². The Morgan fingerprint density at radius 2 is 1.88 bits per heavy atom. The molecule has 4 atom stereocenters. The molecule has 1 amide bonds. The predicted octanol–water partition coefficient (Wildman–Crippen LogP) is 0.903. The van der Waals surface area contributed by atoms with Crippen LogP contribution in [0.3, 0.4) is 0 Å². The summed E-state index contributed by atoms with van der Waals surface area (Å²) in [6.45, 7) is -0.445. The second kappa shape index (κ2) is 8.43. The van der Waals surface area contributed by atoms with Crippen LogP contribution in [0.2, 0.25) is 0 Å². The van der Waals surface area contributed by atoms with Gasteiger partial charge in [-0.3, -0.25) is 8.98 Å². The Balaban J connectivity index is 1.44.